The topological polar surface area (TPSA) is 26.3 Å². The highest BCUT2D eigenvalue weighted by Gasteiger charge is 2.43. The highest BCUT2D eigenvalue weighted by molar-refractivity contribution is 5.75. The fraction of sp³-hybridized carbons (Fsp3) is 0.696. The number of hydrogen-bond acceptors (Lipinski definition) is 2. The van der Waals surface area contributed by atoms with E-state index >= 15 is 0 Å². The van der Waals surface area contributed by atoms with E-state index in [1.807, 2.05) is 0 Å². The number of halogens is 3. The van der Waals surface area contributed by atoms with Gasteiger partial charge in [-0.3, -0.25) is 0 Å². The molecule has 2 saturated carbocycles. The molecule has 28 heavy (non-hydrogen) atoms. The Morgan fingerprint density at radius 3 is 1.96 bits per heavy atom. The van der Waals surface area contributed by atoms with Crippen molar-refractivity contribution in [2.45, 2.75) is 89.3 Å². The molecule has 3 rings (SSSR count). The Kier molecular flexibility index (Phi) is 7.05. The lowest BCUT2D eigenvalue weighted by atomic mass is 9.69. The zero-order chi connectivity index (χ0) is 20.1. The van der Waals surface area contributed by atoms with E-state index < -0.39 is 18.2 Å². The molecular weight excluding hydrogens is 365 g/mol. The number of alkyl halides is 3. The summed E-state index contributed by atoms with van der Waals surface area (Å²) < 4.78 is 41.6. The van der Waals surface area contributed by atoms with E-state index in [9.17, 15) is 18.0 Å². The van der Waals surface area contributed by atoms with Crippen LogP contribution in [0, 0.1) is 11.8 Å². The molecule has 0 amide bonds. The van der Waals surface area contributed by atoms with Crippen LogP contribution in [0.2, 0.25) is 0 Å². The van der Waals surface area contributed by atoms with Crippen molar-refractivity contribution in [1.29, 1.82) is 0 Å². The van der Waals surface area contributed by atoms with Gasteiger partial charge in [0.05, 0.1) is 0 Å². The zero-order valence-corrected chi connectivity index (χ0v) is 16.6. The average Bonchev–Trinajstić information content (AvgIpc) is 2.69. The summed E-state index contributed by atoms with van der Waals surface area (Å²) in [5.74, 6) is -0.180. The maximum Gasteiger partial charge on any atom is 0.490 e. The lowest BCUT2D eigenvalue weighted by Crippen LogP contribution is -2.33. The fourth-order valence-corrected chi connectivity index (χ4v) is 5.07. The second-order valence-corrected chi connectivity index (χ2v) is 8.54. The molecule has 2 aliphatic carbocycles. The van der Waals surface area contributed by atoms with Gasteiger partial charge < -0.3 is 4.74 Å². The fourth-order valence-electron chi connectivity index (χ4n) is 5.07. The van der Waals surface area contributed by atoms with Crippen LogP contribution in [0.5, 0.6) is 0 Å². The largest absolute Gasteiger partial charge is 0.490 e. The van der Waals surface area contributed by atoms with Gasteiger partial charge in [-0.1, -0.05) is 37.6 Å². The van der Waals surface area contributed by atoms with Crippen molar-refractivity contribution in [2.75, 3.05) is 0 Å². The first kappa shape index (κ1) is 21.2. The molecule has 1 aromatic rings. The molecule has 0 unspecified atom stereocenters. The minimum atomic E-state index is -4.88. The van der Waals surface area contributed by atoms with Crippen LogP contribution in [-0.4, -0.2) is 18.2 Å². The summed E-state index contributed by atoms with van der Waals surface area (Å²) in [6, 6.07) is 9.09. The molecule has 0 aliphatic heterocycles. The SMILES string of the molecule is CCCc1ccc(C2CCC(C3CCC(OC(=O)C(F)(F)F)CC3)CC2)cc1. The third-order valence-corrected chi connectivity index (χ3v) is 6.65. The molecular formula is C23H31F3O2. The number of carbonyl (C=O) groups excluding carboxylic acids is 1. The van der Waals surface area contributed by atoms with Crippen molar-refractivity contribution < 1.29 is 22.7 Å². The predicted molar refractivity (Wildman–Crippen MR) is 103 cm³/mol. The lowest BCUT2D eigenvalue weighted by molar-refractivity contribution is -0.206. The molecule has 2 fully saturated rings. The molecule has 2 aliphatic rings. The first-order valence-corrected chi connectivity index (χ1v) is 10.7. The van der Waals surface area contributed by atoms with Gasteiger partial charge in [0.2, 0.25) is 0 Å². The number of ether oxygens (including phenoxy) is 1. The van der Waals surface area contributed by atoms with Crippen LogP contribution in [0.4, 0.5) is 13.2 Å². The van der Waals surface area contributed by atoms with Crippen molar-refractivity contribution in [2.24, 2.45) is 11.8 Å². The van der Waals surface area contributed by atoms with Crippen LogP contribution in [0.25, 0.3) is 0 Å². The van der Waals surface area contributed by atoms with E-state index in [-0.39, 0.29) is 0 Å². The monoisotopic (exact) mass is 396 g/mol. The summed E-state index contributed by atoms with van der Waals surface area (Å²) in [4.78, 5) is 11.0. The van der Waals surface area contributed by atoms with Gasteiger partial charge in [0.15, 0.2) is 0 Å². The molecule has 0 atom stereocenters. The molecule has 0 spiro atoms. The van der Waals surface area contributed by atoms with E-state index in [1.165, 1.54) is 43.2 Å². The summed E-state index contributed by atoms with van der Waals surface area (Å²) in [6.07, 6.45) is 4.49. The van der Waals surface area contributed by atoms with Gasteiger partial charge in [-0.2, -0.15) is 13.2 Å². The second-order valence-electron chi connectivity index (χ2n) is 8.54. The van der Waals surface area contributed by atoms with Crippen LogP contribution in [0.1, 0.15) is 81.8 Å². The Morgan fingerprint density at radius 2 is 1.46 bits per heavy atom. The third-order valence-electron chi connectivity index (χ3n) is 6.65. The van der Waals surface area contributed by atoms with Gasteiger partial charge in [-0.25, -0.2) is 4.79 Å². The van der Waals surface area contributed by atoms with Gasteiger partial charge in [-0.15, -0.1) is 0 Å². The Labute approximate surface area is 165 Å². The Morgan fingerprint density at radius 1 is 0.929 bits per heavy atom. The van der Waals surface area contributed by atoms with Crippen LogP contribution >= 0.6 is 0 Å². The molecule has 2 nitrogen and oxygen atoms in total. The van der Waals surface area contributed by atoms with Crippen LogP contribution < -0.4 is 0 Å². The molecule has 0 radical (unpaired) electrons. The first-order valence-electron chi connectivity index (χ1n) is 10.7. The third kappa shape index (κ3) is 5.51. The van der Waals surface area contributed by atoms with E-state index in [0.29, 0.717) is 30.6 Å². The van der Waals surface area contributed by atoms with Crippen LogP contribution in [0.15, 0.2) is 24.3 Å². The predicted octanol–water partition coefficient (Wildman–Crippen LogP) is 6.58. The Bertz CT molecular complexity index is 622. The molecule has 1 aromatic carbocycles. The highest BCUT2D eigenvalue weighted by atomic mass is 19.4. The summed E-state index contributed by atoms with van der Waals surface area (Å²) >= 11 is 0. The van der Waals surface area contributed by atoms with E-state index in [1.54, 1.807) is 0 Å². The maximum absolute atomic E-state index is 12.3. The Hall–Kier alpha value is -1.52. The number of esters is 1. The summed E-state index contributed by atoms with van der Waals surface area (Å²) in [7, 11) is 0. The van der Waals surface area contributed by atoms with E-state index in [2.05, 4.69) is 35.9 Å². The molecule has 0 N–H and O–H groups in total. The normalized spacial score (nSPS) is 28.7. The van der Waals surface area contributed by atoms with Gasteiger partial charge in [0, 0.05) is 0 Å². The number of aryl methyl sites for hydroxylation is 1. The average molecular weight is 396 g/mol. The van der Waals surface area contributed by atoms with Crippen molar-refractivity contribution in [3.63, 3.8) is 0 Å². The maximum atomic E-state index is 12.3. The molecule has 0 saturated heterocycles. The summed E-state index contributed by atoms with van der Waals surface area (Å²) in [5, 5.41) is 0. The van der Waals surface area contributed by atoms with Gasteiger partial charge in [0.1, 0.15) is 6.10 Å². The molecule has 0 bridgehead atoms. The standard InChI is InChI=1S/C23H31F3O2/c1-2-3-16-4-6-17(7-5-16)18-8-10-19(11-9-18)20-12-14-21(15-13-20)28-22(27)23(24,25)26/h4-7,18-21H,2-3,8-15H2,1H3. The van der Waals surface area contributed by atoms with Gasteiger partial charge in [0.25, 0.3) is 0 Å². The Balaban J connectivity index is 1.43. The van der Waals surface area contributed by atoms with Crippen molar-refractivity contribution >= 4 is 5.97 Å². The van der Waals surface area contributed by atoms with Crippen molar-refractivity contribution in [3.8, 4) is 0 Å². The van der Waals surface area contributed by atoms with Crippen LogP contribution in [0.3, 0.4) is 0 Å². The van der Waals surface area contributed by atoms with Crippen molar-refractivity contribution in [1.82, 2.24) is 0 Å². The first-order chi connectivity index (χ1) is 13.4. The molecule has 0 heterocycles. The minimum Gasteiger partial charge on any atom is -0.456 e. The number of rotatable bonds is 5. The summed E-state index contributed by atoms with van der Waals surface area (Å²) in [5.41, 5.74) is 2.85. The second kappa shape index (κ2) is 9.32. The molecule has 0 aromatic heterocycles. The number of carbonyl (C=O) groups is 1. The smallest absolute Gasteiger partial charge is 0.456 e. The minimum absolute atomic E-state index is 0.561. The van der Waals surface area contributed by atoms with Crippen LogP contribution in [-0.2, 0) is 16.0 Å². The van der Waals surface area contributed by atoms with Crippen molar-refractivity contribution in [3.05, 3.63) is 35.4 Å². The van der Waals surface area contributed by atoms with E-state index in [0.717, 1.165) is 19.3 Å². The number of hydrogen-bond donors (Lipinski definition) is 0. The summed E-state index contributed by atoms with van der Waals surface area (Å²) in [6.45, 7) is 2.20. The quantitative estimate of drug-likeness (QED) is 0.526. The highest BCUT2D eigenvalue weighted by Crippen LogP contribution is 2.43. The van der Waals surface area contributed by atoms with Gasteiger partial charge in [-0.05, 0) is 86.7 Å². The molecule has 5 heteroatoms. The lowest BCUT2D eigenvalue weighted by Gasteiger charge is -2.37. The zero-order valence-electron chi connectivity index (χ0n) is 16.6. The molecule has 156 valence electrons. The van der Waals surface area contributed by atoms with E-state index in [4.69, 9.17) is 0 Å². The number of benzene rings is 1. The van der Waals surface area contributed by atoms with Gasteiger partial charge >= 0.3 is 12.1 Å².